The van der Waals surface area contributed by atoms with E-state index in [4.69, 9.17) is 14.0 Å². The van der Waals surface area contributed by atoms with Gasteiger partial charge in [-0.3, -0.25) is 0 Å². The van der Waals surface area contributed by atoms with E-state index in [0.717, 1.165) is 12.8 Å². The lowest BCUT2D eigenvalue weighted by Crippen LogP contribution is -2.03. The van der Waals surface area contributed by atoms with Gasteiger partial charge in [0.25, 0.3) is 5.89 Å². The van der Waals surface area contributed by atoms with Crippen LogP contribution in [0, 0.1) is 0 Å². The topological polar surface area (TPSA) is 77.6 Å². The molecule has 0 saturated carbocycles. The van der Waals surface area contributed by atoms with Gasteiger partial charge in [-0.1, -0.05) is 18.5 Å². The van der Waals surface area contributed by atoms with Crippen LogP contribution in [0.15, 0.2) is 22.7 Å². The van der Waals surface area contributed by atoms with Crippen LogP contribution in [0.25, 0.3) is 11.5 Å². The van der Waals surface area contributed by atoms with Crippen molar-refractivity contribution < 1.29 is 19.1 Å². The zero-order valence-electron chi connectivity index (χ0n) is 11.8. The number of phenols is 1. The molecule has 2 aromatic rings. The average molecular weight is 278 g/mol. The van der Waals surface area contributed by atoms with Crippen LogP contribution in [-0.4, -0.2) is 29.5 Å². The summed E-state index contributed by atoms with van der Waals surface area (Å²) >= 11 is 0. The molecule has 0 saturated heterocycles. The molecule has 0 spiro atoms. The van der Waals surface area contributed by atoms with Crippen molar-refractivity contribution in [3.63, 3.8) is 0 Å². The van der Waals surface area contributed by atoms with Crippen LogP contribution >= 0.6 is 0 Å². The Hall–Kier alpha value is -2.08. The van der Waals surface area contributed by atoms with E-state index in [9.17, 15) is 5.11 Å². The van der Waals surface area contributed by atoms with Gasteiger partial charge in [-0.2, -0.15) is 4.98 Å². The summed E-state index contributed by atoms with van der Waals surface area (Å²) in [6.07, 6.45) is 1.61. The Morgan fingerprint density at radius 3 is 2.75 bits per heavy atom. The highest BCUT2D eigenvalue weighted by Crippen LogP contribution is 2.31. The Bertz CT molecular complexity index is 568. The standard InChI is InChI=1S/C14H18N2O4/c1-4-5-12(19-3)13-15-14(20-16-13)9-6-7-11(18-2)10(17)8-9/h6-8,12,17H,4-5H2,1-3H3. The highest BCUT2D eigenvalue weighted by Gasteiger charge is 2.18. The minimum atomic E-state index is -0.177. The maximum absolute atomic E-state index is 9.76. The SMILES string of the molecule is CCCC(OC)c1noc(-c2ccc(OC)c(O)c2)n1. The predicted octanol–water partition coefficient (Wildman–Crippen LogP) is 2.94. The normalized spacial score (nSPS) is 12.3. The van der Waals surface area contributed by atoms with Gasteiger partial charge in [-0.05, 0) is 24.6 Å². The van der Waals surface area contributed by atoms with Gasteiger partial charge in [0.15, 0.2) is 11.5 Å². The summed E-state index contributed by atoms with van der Waals surface area (Å²) in [5.74, 6) is 1.28. The van der Waals surface area contributed by atoms with Crippen LogP contribution in [0.4, 0.5) is 0 Å². The fraction of sp³-hybridized carbons (Fsp3) is 0.429. The van der Waals surface area contributed by atoms with Crippen molar-refractivity contribution in [1.29, 1.82) is 0 Å². The van der Waals surface area contributed by atoms with Gasteiger partial charge in [0.1, 0.15) is 6.10 Å². The van der Waals surface area contributed by atoms with E-state index >= 15 is 0 Å². The summed E-state index contributed by atoms with van der Waals surface area (Å²) in [6, 6.07) is 4.92. The summed E-state index contributed by atoms with van der Waals surface area (Å²) in [6.45, 7) is 2.06. The molecule has 2 rings (SSSR count). The summed E-state index contributed by atoms with van der Waals surface area (Å²) in [5, 5.41) is 13.7. The summed E-state index contributed by atoms with van der Waals surface area (Å²) < 4.78 is 15.5. The smallest absolute Gasteiger partial charge is 0.258 e. The Labute approximate surface area is 117 Å². The summed E-state index contributed by atoms with van der Waals surface area (Å²) in [4.78, 5) is 4.31. The second-order valence-electron chi connectivity index (χ2n) is 4.36. The molecule has 0 bridgehead atoms. The van der Waals surface area contributed by atoms with Gasteiger partial charge in [0.2, 0.25) is 5.82 Å². The van der Waals surface area contributed by atoms with E-state index in [0.29, 0.717) is 23.0 Å². The van der Waals surface area contributed by atoms with Crippen molar-refractivity contribution in [1.82, 2.24) is 10.1 Å². The van der Waals surface area contributed by atoms with Crippen LogP contribution in [0.1, 0.15) is 31.7 Å². The molecule has 0 aliphatic heterocycles. The van der Waals surface area contributed by atoms with Crippen LogP contribution in [0.5, 0.6) is 11.5 Å². The molecule has 0 aliphatic carbocycles. The number of ether oxygens (including phenoxy) is 2. The van der Waals surface area contributed by atoms with Crippen molar-refractivity contribution >= 4 is 0 Å². The van der Waals surface area contributed by atoms with Crippen LogP contribution in [-0.2, 0) is 4.74 Å². The molecule has 6 heteroatoms. The van der Waals surface area contributed by atoms with Crippen LogP contribution in [0.3, 0.4) is 0 Å². The molecule has 1 aromatic heterocycles. The lowest BCUT2D eigenvalue weighted by Gasteiger charge is -2.08. The van der Waals surface area contributed by atoms with Crippen molar-refractivity contribution in [2.75, 3.05) is 14.2 Å². The zero-order chi connectivity index (χ0) is 14.5. The first-order valence-electron chi connectivity index (χ1n) is 6.43. The lowest BCUT2D eigenvalue weighted by molar-refractivity contribution is 0.0854. The number of aromatic hydroxyl groups is 1. The molecule has 1 unspecified atom stereocenters. The third-order valence-corrected chi connectivity index (χ3v) is 2.99. The number of rotatable bonds is 6. The fourth-order valence-corrected chi connectivity index (χ4v) is 1.92. The first-order chi connectivity index (χ1) is 9.69. The predicted molar refractivity (Wildman–Crippen MR) is 72.6 cm³/mol. The van der Waals surface area contributed by atoms with E-state index in [1.807, 2.05) is 0 Å². The molecule has 0 radical (unpaired) electrons. The maximum atomic E-state index is 9.76. The molecule has 20 heavy (non-hydrogen) atoms. The van der Waals surface area contributed by atoms with Crippen molar-refractivity contribution in [2.45, 2.75) is 25.9 Å². The monoisotopic (exact) mass is 278 g/mol. The number of phenolic OH excluding ortho intramolecular Hbond substituents is 1. The Balaban J connectivity index is 2.26. The molecule has 6 nitrogen and oxygen atoms in total. The largest absolute Gasteiger partial charge is 0.504 e. The Morgan fingerprint density at radius 2 is 2.15 bits per heavy atom. The number of methoxy groups -OCH3 is 2. The maximum Gasteiger partial charge on any atom is 0.258 e. The van der Waals surface area contributed by atoms with E-state index in [2.05, 4.69) is 17.1 Å². The zero-order valence-corrected chi connectivity index (χ0v) is 11.8. The minimum Gasteiger partial charge on any atom is -0.504 e. The molecular weight excluding hydrogens is 260 g/mol. The van der Waals surface area contributed by atoms with Crippen LogP contribution in [0.2, 0.25) is 0 Å². The number of aromatic nitrogens is 2. The molecule has 0 aliphatic rings. The molecule has 0 fully saturated rings. The molecule has 1 heterocycles. The van der Waals surface area contributed by atoms with Gasteiger partial charge in [0.05, 0.1) is 7.11 Å². The average Bonchev–Trinajstić information content (AvgIpc) is 2.94. The molecule has 1 aromatic carbocycles. The number of hydrogen-bond donors (Lipinski definition) is 1. The number of hydrogen-bond acceptors (Lipinski definition) is 6. The Kier molecular flexibility index (Phi) is 4.57. The van der Waals surface area contributed by atoms with E-state index in [1.54, 1.807) is 19.2 Å². The van der Waals surface area contributed by atoms with Gasteiger partial charge in [-0.25, -0.2) is 0 Å². The van der Waals surface area contributed by atoms with Crippen LogP contribution < -0.4 is 4.74 Å². The minimum absolute atomic E-state index is 0.0293. The summed E-state index contributed by atoms with van der Waals surface area (Å²) in [7, 11) is 3.11. The van der Waals surface area contributed by atoms with Crippen molar-refractivity contribution in [3.8, 4) is 23.0 Å². The van der Waals surface area contributed by atoms with E-state index < -0.39 is 0 Å². The van der Waals surface area contributed by atoms with Gasteiger partial charge >= 0.3 is 0 Å². The lowest BCUT2D eigenvalue weighted by atomic mass is 10.2. The first-order valence-corrected chi connectivity index (χ1v) is 6.43. The molecule has 0 amide bonds. The highest BCUT2D eigenvalue weighted by molar-refractivity contribution is 5.59. The van der Waals surface area contributed by atoms with Gasteiger partial charge in [0, 0.05) is 12.7 Å². The fourth-order valence-electron chi connectivity index (χ4n) is 1.92. The molecular formula is C14H18N2O4. The van der Waals surface area contributed by atoms with Crippen molar-refractivity contribution in [2.24, 2.45) is 0 Å². The van der Waals surface area contributed by atoms with Gasteiger partial charge < -0.3 is 19.1 Å². The summed E-state index contributed by atoms with van der Waals surface area (Å²) in [5.41, 5.74) is 0.633. The van der Waals surface area contributed by atoms with E-state index in [-0.39, 0.29) is 11.9 Å². The molecule has 1 atom stereocenters. The second kappa shape index (κ2) is 6.38. The number of nitrogens with zero attached hydrogens (tertiary/aromatic N) is 2. The number of benzene rings is 1. The first kappa shape index (κ1) is 14.3. The third kappa shape index (κ3) is 2.91. The van der Waals surface area contributed by atoms with Crippen molar-refractivity contribution in [3.05, 3.63) is 24.0 Å². The second-order valence-corrected chi connectivity index (χ2v) is 4.36. The van der Waals surface area contributed by atoms with E-state index in [1.165, 1.54) is 13.2 Å². The molecule has 108 valence electrons. The third-order valence-electron chi connectivity index (χ3n) is 2.99. The van der Waals surface area contributed by atoms with Gasteiger partial charge in [-0.15, -0.1) is 0 Å². The Morgan fingerprint density at radius 1 is 1.35 bits per heavy atom. The molecule has 1 N–H and O–H groups in total. The quantitative estimate of drug-likeness (QED) is 0.875. The highest BCUT2D eigenvalue weighted by atomic mass is 16.5.